The van der Waals surface area contributed by atoms with Crippen molar-refractivity contribution in [1.82, 2.24) is 0 Å². The molecular formula is C13H20N4O2. The predicted molar refractivity (Wildman–Crippen MR) is 75.8 cm³/mol. The maximum atomic E-state index is 11.7. The zero-order valence-corrected chi connectivity index (χ0v) is 10.8. The number of nitrogens with two attached hydrogens (primary N) is 2. The van der Waals surface area contributed by atoms with Crippen LogP contribution < -0.4 is 22.1 Å². The average Bonchev–Trinajstić information content (AvgIpc) is 2.34. The summed E-state index contributed by atoms with van der Waals surface area (Å²) in [6.07, 6.45) is 3.17. The monoisotopic (exact) mass is 264 g/mol. The van der Waals surface area contributed by atoms with Crippen molar-refractivity contribution < 1.29 is 9.59 Å². The number of urea groups is 1. The van der Waals surface area contributed by atoms with Gasteiger partial charge in [0.1, 0.15) is 0 Å². The molecule has 3 amide bonds. The first-order chi connectivity index (χ1) is 9.11. The average molecular weight is 264 g/mol. The van der Waals surface area contributed by atoms with E-state index in [1.165, 1.54) is 0 Å². The van der Waals surface area contributed by atoms with Crippen molar-refractivity contribution in [2.45, 2.75) is 25.7 Å². The molecule has 0 aliphatic carbocycles. The molecule has 0 fully saturated rings. The Labute approximate surface area is 112 Å². The number of carbonyl (C=O) groups is 2. The van der Waals surface area contributed by atoms with Crippen molar-refractivity contribution in [3.63, 3.8) is 0 Å². The Kier molecular flexibility index (Phi) is 6.38. The zero-order chi connectivity index (χ0) is 14.1. The van der Waals surface area contributed by atoms with Crippen LogP contribution in [0.25, 0.3) is 0 Å². The summed E-state index contributed by atoms with van der Waals surface area (Å²) in [6, 6.07) is 6.20. The van der Waals surface area contributed by atoms with Gasteiger partial charge in [-0.2, -0.15) is 0 Å². The third kappa shape index (κ3) is 6.42. The molecule has 1 rings (SSSR count). The van der Waals surface area contributed by atoms with Crippen LogP contribution in [0.15, 0.2) is 24.3 Å². The first-order valence-electron chi connectivity index (χ1n) is 6.28. The molecule has 0 atom stereocenters. The lowest BCUT2D eigenvalue weighted by Crippen LogP contribution is -2.19. The van der Waals surface area contributed by atoms with Gasteiger partial charge in [0.15, 0.2) is 0 Å². The Balaban J connectivity index is 2.43. The zero-order valence-electron chi connectivity index (χ0n) is 10.8. The fraction of sp³-hybridized carbons (Fsp3) is 0.385. The van der Waals surface area contributed by atoms with Gasteiger partial charge < -0.3 is 22.1 Å². The molecular weight excluding hydrogens is 244 g/mol. The number of benzene rings is 1. The topological polar surface area (TPSA) is 110 Å². The highest BCUT2D eigenvalue weighted by Crippen LogP contribution is 2.15. The van der Waals surface area contributed by atoms with Crippen LogP contribution in [0.3, 0.4) is 0 Å². The van der Waals surface area contributed by atoms with Crippen LogP contribution in [-0.2, 0) is 4.79 Å². The van der Waals surface area contributed by atoms with Crippen LogP contribution >= 0.6 is 0 Å². The summed E-state index contributed by atoms with van der Waals surface area (Å²) in [5.41, 5.74) is 11.6. The summed E-state index contributed by atoms with van der Waals surface area (Å²) >= 11 is 0. The SMILES string of the molecule is NCCCCCC(=O)Nc1cccc(NC(N)=O)c1. The lowest BCUT2D eigenvalue weighted by Gasteiger charge is -2.07. The van der Waals surface area contributed by atoms with Crippen molar-refractivity contribution in [2.24, 2.45) is 11.5 Å². The van der Waals surface area contributed by atoms with E-state index in [0.717, 1.165) is 19.3 Å². The minimum Gasteiger partial charge on any atom is -0.351 e. The number of carbonyl (C=O) groups excluding carboxylic acids is 2. The maximum Gasteiger partial charge on any atom is 0.316 e. The molecule has 0 radical (unpaired) electrons. The van der Waals surface area contributed by atoms with Crippen molar-refractivity contribution in [2.75, 3.05) is 17.2 Å². The highest BCUT2D eigenvalue weighted by molar-refractivity contribution is 5.93. The largest absolute Gasteiger partial charge is 0.351 e. The van der Waals surface area contributed by atoms with Gasteiger partial charge in [-0.05, 0) is 37.6 Å². The van der Waals surface area contributed by atoms with Gasteiger partial charge in [0, 0.05) is 17.8 Å². The molecule has 6 heteroatoms. The Morgan fingerprint density at radius 2 is 1.74 bits per heavy atom. The van der Waals surface area contributed by atoms with Crippen LogP contribution in [0.2, 0.25) is 0 Å². The quantitative estimate of drug-likeness (QED) is 0.562. The van der Waals surface area contributed by atoms with Crippen LogP contribution in [0.1, 0.15) is 25.7 Å². The number of unbranched alkanes of at least 4 members (excludes halogenated alkanes) is 2. The van der Waals surface area contributed by atoms with Crippen molar-refractivity contribution in [3.8, 4) is 0 Å². The summed E-state index contributed by atoms with van der Waals surface area (Å²) in [5, 5.41) is 5.22. The number of nitrogens with one attached hydrogen (secondary N) is 2. The Morgan fingerprint density at radius 1 is 1.05 bits per heavy atom. The van der Waals surface area contributed by atoms with E-state index < -0.39 is 6.03 Å². The van der Waals surface area contributed by atoms with E-state index in [1.807, 2.05) is 0 Å². The van der Waals surface area contributed by atoms with E-state index in [2.05, 4.69) is 10.6 Å². The van der Waals surface area contributed by atoms with E-state index >= 15 is 0 Å². The van der Waals surface area contributed by atoms with Crippen LogP contribution in [0.4, 0.5) is 16.2 Å². The number of amides is 3. The molecule has 0 spiro atoms. The van der Waals surface area contributed by atoms with Gasteiger partial charge in [-0.3, -0.25) is 4.79 Å². The van der Waals surface area contributed by atoms with Gasteiger partial charge in [-0.1, -0.05) is 12.5 Å². The minimum absolute atomic E-state index is 0.0479. The maximum absolute atomic E-state index is 11.7. The molecule has 0 aliphatic heterocycles. The third-order valence-electron chi connectivity index (χ3n) is 2.52. The second-order valence-electron chi connectivity index (χ2n) is 4.22. The summed E-state index contributed by atoms with van der Waals surface area (Å²) < 4.78 is 0. The molecule has 0 aliphatic rings. The molecule has 19 heavy (non-hydrogen) atoms. The Hall–Kier alpha value is -2.08. The second-order valence-corrected chi connectivity index (χ2v) is 4.22. The number of anilines is 2. The van der Waals surface area contributed by atoms with E-state index in [1.54, 1.807) is 24.3 Å². The van der Waals surface area contributed by atoms with E-state index in [0.29, 0.717) is 24.3 Å². The molecule has 6 nitrogen and oxygen atoms in total. The number of hydrogen-bond acceptors (Lipinski definition) is 3. The van der Waals surface area contributed by atoms with Crippen molar-refractivity contribution in [3.05, 3.63) is 24.3 Å². The fourth-order valence-corrected chi connectivity index (χ4v) is 1.65. The molecule has 6 N–H and O–H groups in total. The third-order valence-corrected chi connectivity index (χ3v) is 2.52. The molecule has 0 unspecified atom stereocenters. The molecule has 1 aromatic rings. The highest BCUT2D eigenvalue weighted by Gasteiger charge is 2.03. The first kappa shape index (κ1) is 15.0. The van der Waals surface area contributed by atoms with Crippen molar-refractivity contribution >= 4 is 23.3 Å². The number of hydrogen-bond donors (Lipinski definition) is 4. The van der Waals surface area contributed by atoms with Crippen molar-refractivity contribution in [1.29, 1.82) is 0 Å². The summed E-state index contributed by atoms with van der Waals surface area (Å²) in [7, 11) is 0. The lowest BCUT2D eigenvalue weighted by atomic mass is 10.2. The minimum atomic E-state index is -0.634. The second kappa shape index (κ2) is 8.10. The number of rotatable bonds is 7. The summed E-state index contributed by atoms with van der Waals surface area (Å²) in [4.78, 5) is 22.4. The van der Waals surface area contributed by atoms with Gasteiger partial charge >= 0.3 is 6.03 Å². The van der Waals surface area contributed by atoms with E-state index in [9.17, 15) is 9.59 Å². The Morgan fingerprint density at radius 3 is 2.37 bits per heavy atom. The molecule has 104 valence electrons. The Bertz CT molecular complexity index is 434. The number of primary amides is 1. The van der Waals surface area contributed by atoms with Gasteiger partial charge in [0.2, 0.25) is 5.91 Å². The first-order valence-corrected chi connectivity index (χ1v) is 6.28. The van der Waals surface area contributed by atoms with Crippen LogP contribution in [-0.4, -0.2) is 18.5 Å². The summed E-state index contributed by atoms with van der Waals surface area (Å²) in [6.45, 7) is 0.655. The normalized spacial score (nSPS) is 9.95. The van der Waals surface area contributed by atoms with Gasteiger partial charge in [-0.25, -0.2) is 4.79 Å². The lowest BCUT2D eigenvalue weighted by molar-refractivity contribution is -0.116. The molecule has 0 saturated heterocycles. The van der Waals surface area contributed by atoms with Crippen LogP contribution in [0.5, 0.6) is 0 Å². The molecule has 0 aromatic heterocycles. The van der Waals surface area contributed by atoms with Gasteiger partial charge in [0.05, 0.1) is 0 Å². The van der Waals surface area contributed by atoms with E-state index in [4.69, 9.17) is 11.5 Å². The molecule has 0 heterocycles. The van der Waals surface area contributed by atoms with Gasteiger partial charge in [0.25, 0.3) is 0 Å². The van der Waals surface area contributed by atoms with E-state index in [-0.39, 0.29) is 5.91 Å². The summed E-state index contributed by atoms with van der Waals surface area (Å²) in [5.74, 6) is -0.0479. The molecule has 1 aromatic carbocycles. The smallest absolute Gasteiger partial charge is 0.316 e. The molecule has 0 saturated carbocycles. The standard InChI is InChI=1S/C13H20N4O2/c14-8-3-1-2-7-12(18)16-10-5-4-6-11(9-10)17-13(15)19/h4-6,9H,1-3,7-8,14H2,(H,16,18)(H3,15,17,19). The predicted octanol–water partition coefficient (Wildman–Crippen LogP) is 1.63. The highest BCUT2D eigenvalue weighted by atomic mass is 16.2. The molecule has 0 bridgehead atoms. The van der Waals surface area contributed by atoms with Gasteiger partial charge in [-0.15, -0.1) is 0 Å². The van der Waals surface area contributed by atoms with Crippen LogP contribution in [0, 0.1) is 0 Å². The fourth-order valence-electron chi connectivity index (χ4n) is 1.65.